The van der Waals surface area contributed by atoms with Crippen molar-refractivity contribution in [1.29, 1.82) is 0 Å². The van der Waals surface area contributed by atoms with E-state index in [0.29, 0.717) is 6.07 Å². The van der Waals surface area contributed by atoms with E-state index in [1.165, 1.54) is 0 Å². The Hall–Kier alpha value is -1.50. The zero-order chi connectivity index (χ0) is 13.5. The van der Waals surface area contributed by atoms with Gasteiger partial charge in [-0.05, 0) is 12.1 Å². The van der Waals surface area contributed by atoms with Crippen LogP contribution in [0.5, 0.6) is 0 Å². The summed E-state index contributed by atoms with van der Waals surface area (Å²) in [6.07, 6.45) is -5.64. The van der Waals surface area contributed by atoms with Crippen molar-refractivity contribution in [3.05, 3.63) is 34.1 Å². The quantitative estimate of drug-likeness (QED) is 0.803. The number of cyclic esters (lactones) is 1. The maximum absolute atomic E-state index is 13.7. The van der Waals surface area contributed by atoms with Crippen molar-refractivity contribution in [2.75, 3.05) is 6.61 Å². The van der Waals surface area contributed by atoms with Gasteiger partial charge in [0.1, 0.15) is 12.4 Å². The number of halogens is 5. The summed E-state index contributed by atoms with van der Waals surface area (Å²) in [5, 5.41) is 1.65. The van der Waals surface area contributed by atoms with Gasteiger partial charge in [0, 0.05) is 5.56 Å². The van der Waals surface area contributed by atoms with Crippen molar-refractivity contribution >= 4 is 17.7 Å². The minimum Gasteiger partial charge on any atom is -0.447 e. The molecule has 0 aromatic heterocycles. The molecular weight excluding hydrogens is 278 g/mol. The van der Waals surface area contributed by atoms with Crippen LogP contribution in [0.4, 0.5) is 22.4 Å². The third kappa shape index (κ3) is 2.22. The third-order valence-corrected chi connectivity index (χ3v) is 2.75. The molecule has 1 heterocycles. The third-order valence-electron chi connectivity index (χ3n) is 2.46. The average Bonchev–Trinajstić information content (AvgIpc) is 2.66. The zero-order valence-corrected chi connectivity index (χ0v) is 9.40. The summed E-state index contributed by atoms with van der Waals surface area (Å²) in [6, 6.07) is 0.291. The second kappa shape index (κ2) is 4.31. The standard InChI is InChI=1S/C10H6ClF4NO2/c11-5-2-1-4(10(13,14)15)7(8(5)12)6-3-18-9(17)16-6/h1-2,6H,3H2,(H,16,17)/t6-/m1/s1. The molecule has 1 fully saturated rings. The predicted molar refractivity (Wildman–Crippen MR) is 53.6 cm³/mol. The average molecular weight is 284 g/mol. The van der Waals surface area contributed by atoms with Crippen LogP contribution in [-0.2, 0) is 10.9 Å². The second-order valence-electron chi connectivity index (χ2n) is 3.62. The first-order valence-corrected chi connectivity index (χ1v) is 5.17. The van der Waals surface area contributed by atoms with Crippen LogP contribution >= 0.6 is 11.6 Å². The zero-order valence-electron chi connectivity index (χ0n) is 8.65. The van der Waals surface area contributed by atoms with Crippen molar-refractivity contribution < 1.29 is 27.1 Å². The predicted octanol–water partition coefficient (Wildman–Crippen LogP) is 3.28. The normalized spacial score (nSPS) is 19.6. The summed E-state index contributed by atoms with van der Waals surface area (Å²) in [5.41, 5.74) is -1.89. The fourth-order valence-corrected chi connectivity index (χ4v) is 1.86. The molecule has 0 bridgehead atoms. The number of hydrogen-bond donors (Lipinski definition) is 1. The number of benzene rings is 1. The molecule has 1 aliphatic rings. The molecule has 1 aromatic carbocycles. The van der Waals surface area contributed by atoms with Gasteiger partial charge in [0.25, 0.3) is 0 Å². The van der Waals surface area contributed by atoms with Gasteiger partial charge in [-0.15, -0.1) is 0 Å². The molecule has 0 unspecified atom stereocenters. The fraction of sp³-hybridized carbons (Fsp3) is 0.300. The fourth-order valence-electron chi connectivity index (χ4n) is 1.69. The molecule has 3 nitrogen and oxygen atoms in total. The molecule has 1 amide bonds. The second-order valence-corrected chi connectivity index (χ2v) is 4.02. The lowest BCUT2D eigenvalue weighted by atomic mass is 10.00. The number of carbonyl (C=O) groups excluding carboxylic acids is 1. The van der Waals surface area contributed by atoms with E-state index in [2.05, 4.69) is 10.1 Å². The van der Waals surface area contributed by atoms with Crippen LogP contribution in [0.2, 0.25) is 5.02 Å². The highest BCUT2D eigenvalue weighted by Crippen LogP contribution is 2.38. The number of amides is 1. The summed E-state index contributed by atoms with van der Waals surface area (Å²) in [6.45, 7) is -0.376. The van der Waals surface area contributed by atoms with E-state index in [1.54, 1.807) is 0 Å². The molecule has 1 N–H and O–H groups in total. The van der Waals surface area contributed by atoms with Gasteiger partial charge in [-0.25, -0.2) is 9.18 Å². The van der Waals surface area contributed by atoms with Gasteiger partial charge >= 0.3 is 12.3 Å². The Kier molecular flexibility index (Phi) is 3.10. The monoisotopic (exact) mass is 283 g/mol. The summed E-state index contributed by atoms with van der Waals surface area (Å²) in [5.74, 6) is -1.21. The van der Waals surface area contributed by atoms with Crippen molar-refractivity contribution in [1.82, 2.24) is 5.32 Å². The summed E-state index contributed by atoms with van der Waals surface area (Å²) in [4.78, 5) is 10.8. The maximum atomic E-state index is 13.7. The van der Waals surface area contributed by atoms with E-state index in [0.717, 1.165) is 6.07 Å². The van der Waals surface area contributed by atoms with Crippen LogP contribution in [0.25, 0.3) is 0 Å². The lowest BCUT2D eigenvalue weighted by Crippen LogP contribution is -2.23. The van der Waals surface area contributed by atoms with Gasteiger partial charge < -0.3 is 10.1 Å². The minimum atomic E-state index is -4.74. The molecular formula is C10H6ClF4NO2. The topological polar surface area (TPSA) is 38.3 Å². The SMILES string of the molecule is O=C1N[C@@H](c2c(C(F)(F)F)ccc(Cl)c2F)CO1. The van der Waals surface area contributed by atoms with Crippen LogP contribution in [0.15, 0.2) is 12.1 Å². The van der Waals surface area contributed by atoms with E-state index < -0.39 is 40.3 Å². The van der Waals surface area contributed by atoms with E-state index in [1.807, 2.05) is 0 Å². The highest BCUT2D eigenvalue weighted by atomic mass is 35.5. The number of rotatable bonds is 1. The largest absolute Gasteiger partial charge is 0.447 e. The lowest BCUT2D eigenvalue weighted by molar-refractivity contribution is -0.138. The van der Waals surface area contributed by atoms with Crippen LogP contribution in [0.1, 0.15) is 17.2 Å². The highest BCUT2D eigenvalue weighted by molar-refractivity contribution is 6.30. The van der Waals surface area contributed by atoms with E-state index >= 15 is 0 Å². The number of ether oxygens (including phenoxy) is 1. The number of alkyl carbamates (subject to hydrolysis) is 1. The number of carbonyl (C=O) groups is 1. The molecule has 0 spiro atoms. The number of hydrogen-bond acceptors (Lipinski definition) is 2. The van der Waals surface area contributed by atoms with Gasteiger partial charge in [-0.1, -0.05) is 11.6 Å². The molecule has 18 heavy (non-hydrogen) atoms. The Morgan fingerprint density at radius 3 is 2.56 bits per heavy atom. The van der Waals surface area contributed by atoms with Crippen LogP contribution in [0, 0.1) is 5.82 Å². The maximum Gasteiger partial charge on any atom is 0.416 e. The van der Waals surface area contributed by atoms with Crippen molar-refractivity contribution in [2.45, 2.75) is 12.2 Å². The number of alkyl halides is 3. The van der Waals surface area contributed by atoms with Crippen molar-refractivity contribution in [3.63, 3.8) is 0 Å². The summed E-state index contributed by atoms with van der Waals surface area (Å²) >= 11 is 5.45. The molecule has 0 saturated carbocycles. The van der Waals surface area contributed by atoms with Crippen LogP contribution in [-0.4, -0.2) is 12.7 Å². The van der Waals surface area contributed by atoms with Crippen molar-refractivity contribution in [3.8, 4) is 0 Å². The summed E-state index contributed by atoms with van der Waals surface area (Å²) < 4.78 is 56.4. The molecule has 1 aliphatic heterocycles. The van der Waals surface area contributed by atoms with Gasteiger partial charge in [-0.2, -0.15) is 13.2 Å². The van der Waals surface area contributed by atoms with Crippen LogP contribution < -0.4 is 5.32 Å². The Morgan fingerprint density at radius 1 is 1.39 bits per heavy atom. The molecule has 1 aromatic rings. The number of nitrogens with one attached hydrogen (secondary N) is 1. The van der Waals surface area contributed by atoms with Gasteiger partial charge in [0.2, 0.25) is 0 Å². The Labute approximate surface area is 104 Å². The molecule has 1 saturated heterocycles. The highest BCUT2D eigenvalue weighted by Gasteiger charge is 2.39. The molecule has 0 aliphatic carbocycles. The molecule has 98 valence electrons. The first kappa shape index (κ1) is 12.9. The molecule has 2 rings (SSSR count). The summed E-state index contributed by atoms with van der Waals surface area (Å²) in [7, 11) is 0. The van der Waals surface area contributed by atoms with Gasteiger partial charge in [0.15, 0.2) is 0 Å². The van der Waals surface area contributed by atoms with Crippen molar-refractivity contribution in [2.24, 2.45) is 0 Å². The van der Waals surface area contributed by atoms with E-state index in [9.17, 15) is 22.4 Å². The van der Waals surface area contributed by atoms with Gasteiger partial charge in [0.05, 0.1) is 16.6 Å². The molecule has 0 radical (unpaired) electrons. The Bertz CT molecular complexity index is 503. The smallest absolute Gasteiger partial charge is 0.416 e. The molecule has 1 atom stereocenters. The Balaban J connectivity index is 2.55. The molecule has 8 heteroatoms. The minimum absolute atomic E-state index is 0.376. The lowest BCUT2D eigenvalue weighted by Gasteiger charge is -2.17. The Morgan fingerprint density at radius 2 is 2.06 bits per heavy atom. The van der Waals surface area contributed by atoms with E-state index in [4.69, 9.17) is 11.6 Å². The first-order chi connectivity index (χ1) is 8.30. The van der Waals surface area contributed by atoms with E-state index in [-0.39, 0.29) is 6.61 Å². The van der Waals surface area contributed by atoms with Gasteiger partial charge in [-0.3, -0.25) is 0 Å². The first-order valence-electron chi connectivity index (χ1n) is 4.79. The van der Waals surface area contributed by atoms with Crippen LogP contribution in [0.3, 0.4) is 0 Å².